The second kappa shape index (κ2) is 13.6. The first-order chi connectivity index (χ1) is 21.0. The molecule has 0 radical (unpaired) electrons. The SMILES string of the molecule is CN(CC(O)CNC(C)(C)CC1Cc2ccccc2C1)S(=O)(=O)c1ccc(-c2cc(CCC(=O)O)ccc2F)cc1C(F)(F)F. The number of benzene rings is 3. The van der Waals surface area contributed by atoms with Crippen LogP contribution in [0.25, 0.3) is 11.1 Å². The highest BCUT2D eigenvalue weighted by molar-refractivity contribution is 7.89. The number of likely N-dealkylation sites (N-methyl/N-ethyl adjacent to an activating group) is 1. The Morgan fingerprint density at radius 3 is 2.29 bits per heavy atom. The van der Waals surface area contributed by atoms with Crippen LogP contribution in [0, 0.1) is 11.7 Å². The highest BCUT2D eigenvalue weighted by atomic mass is 32.2. The molecule has 0 bridgehead atoms. The molecular weight excluding hydrogens is 612 g/mol. The van der Waals surface area contributed by atoms with Crippen LogP contribution in [-0.2, 0) is 40.3 Å². The molecule has 1 aliphatic carbocycles. The van der Waals surface area contributed by atoms with Crippen LogP contribution in [0.4, 0.5) is 17.6 Å². The average Bonchev–Trinajstić information content (AvgIpc) is 3.36. The van der Waals surface area contributed by atoms with Gasteiger partial charge in [-0.3, -0.25) is 4.79 Å². The van der Waals surface area contributed by atoms with Gasteiger partial charge in [-0.2, -0.15) is 17.5 Å². The first-order valence-corrected chi connectivity index (χ1v) is 16.1. The second-order valence-electron chi connectivity index (χ2n) is 12.4. The number of nitrogens with zero attached hydrogens (tertiary/aromatic N) is 1. The molecule has 12 heteroatoms. The van der Waals surface area contributed by atoms with Crippen LogP contribution < -0.4 is 5.32 Å². The van der Waals surface area contributed by atoms with Crippen LogP contribution >= 0.6 is 0 Å². The van der Waals surface area contributed by atoms with Crippen LogP contribution in [0.1, 0.15) is 48.9 Å². The van der Waals surface area contributed by atoms with Gasteiger partial charge >= 0.3 is 12.1 Å². The fourth-order valence-electron chi connectivity index (χ4n) is 5.95. The number of aliphatic carboxylic acids is 1. The van der Waals surface area contributed by atoms with Crippen molar-refractivity contribution in [1.29, 1.82) is 0 Å². The number of alkyl halides is 3. The Morgan fingerprint density at radius 2 is 1.69 bits per heavy atom. The molecule has 0 saturated heterocycles. The third kappa shape index (κ3) is 8.69. The number of fused-ring (bicyclic) bond motifs is 1. The molecule has 0 saturated carbocycles. The van der Waals surface area contributed by atoms with E-state index in [1.54, 1.807) is 0 Å². The molecule has 0 spiro atoms. The van der Waals surface area contributed by atoms with E-state index in [0.29, 0.717) is 21.9 Å². The number of nitrogens with one attached hydrogen (secondary N) is 1. The van der Waals surface area contributed by atoms with Gasteiger partial charge in [-0.25, -0.2) is 12.8 Å². The predicted molar refractivity (Wildman–Crippen MR) is 163 cm³/mol. The third-order valence-corrected chi connectivity index (χ3v) is 10.0. The molecule has 1 aliphatic rings. The summed E-state index contributed by atoms with van der Waals surface area (Å²) >= 11 is 0. The first-order valence-electron chi connectivity index (χ1n) is 14.6. The van der Waals surface area contributed by atoms with Crippen molar-refractivity contribution < 1.29 is 41.0 Å². The van der Waals surface area contributed by atoms with Crippen molar-refractivity contribution >= 4 is 16.0 Å². The van der Waals surface area contributed by atoms with Gasteiger partial charge < -0.3 is 15.5 Å². The topological polar surface area (TPSA) is 107 Å². The zero-order chi connectivity index (χ0) is 33.2. The number of aliphatic hydroxyl groups excluding tert-OH is 1. The van der Waals surface area contributed by atoms with E-state index in [9.17, 15) is 35.9 Å². The highest BCUT2D eigenvalue weighted by Gasteiger charge is 2.39. The van der Waals surface area contributed by atoms with Crippen LogP contribution in [-0.4, -0.2) is 60.7 Å². The van der Waals surface area contributed by atoms with Gasteiger partial charge in [0.1, 0.15) is 5.82 Å². The zero-order valence-corrected chi connectivity index (χ0v) is 26.2. The Labute approximate surface area is 260 Å². The number of hydrogen-bond acceptors (Lipinski definition) is 5. The van der Waals surface area contributed by atoms with E-state index in [1.807, 2.05) is 26.0 Å². The predicted octanol–water partition coefficient (Wildman–Crippen LogP) is 5.68. The van der Waals surface area contributed by atoms with Crippen LogP contribution in [0.5, 0.6) is 0 Å². The lowest BCUT2D eigenvalue weighted by atomic mass is 9.88. The molecule has 3 N–H and O–H groups in total. The lowest BCUT2D eigenvalue weighted by Gasteiger charge is -2.31. The fraction of sp³-hybridized carbons (Fsp3) is 0.424. The second-order valence-corrected chi connectivity index (χ2v) is 14.4. The molecular formula is C33H38F4N2O5S. The van der Waals surface area contributed by atoms with Crippen LogP contribution in [0.3, 0.4) is 0 Å². The Hall–Kier alpha value is -3.32. The molecule has 1 unspecified atom stereocenters. The number of carboxylic acids is 1. The average molecular weight is 651 g/mol. The molecule has 7 nitrogen and oxygen atoms in total. The Kier molecular flexibility index (Phi) is 10.4. The molecule has 4 rings (SSSR count). The van der Waals surface area contributed by atoms with Crippen molar-refractivity contribution in [2.24, 2.45) is 5.92 Å². The lowest BCUT2D eigenvalue weighted by Crippen LogP contribution is -2.47. The first kappa shape index (κ1) is 34.6. The van der Waals surface area contributed by atoms with E-state index in [4.69, 9.17) is 5.11 Å². The molecule has 0 fully saturated rings. The summed E-state index contributed by atoms with van der Waals surface area (Å²) in [7, 11) is -3.62. The minimum Gasteiger partial charge on any atom is -0.481 e. The number of carbonyl (C=O) groups is 1. The lowest BCUT2D eigenvalue weighted by molar-refractivity contribution is -0.140. The standard InChI is InChI=1S/C33H38F4N2O5S/c1-32(2,18-22-14-23-6-4-5-7-24(23)15-22)38-19-26(40)20-39(3)45(43,44)30-12-10-25(17-28(30)33(35,36)37)27-16-21(8-11-29(27)34)9-13-31(41)42/h4-8,10-12,16-17,22,26,38,40H,9,13-15,18-20H2,1-3H3,(H,41,42). The van der Waals surface area contributed by atoms with Crippen molar-refractivity contribution in [3.8, 4) is 11.1 Å². The summed E-state index contributed by atoms with van der Waals surface area (Å²) < 4.78 is 84.6. The highest BCUT2D eigenvalue weighted by Crippen LogP contribution is 2.39. The maximum absolute atomic E-state index is 14.7. The number of halogens is 4. The van der Waals surface area contributed by atoms with Crippen LogP contribution in [0.2, 0.25) is 0 Å². The fourth-order valence-corrected chi connectivity index (χ4v) is 7.35. The van der Waals surface area contributed by atoms with Crippen molar-refractivity contribution in [2.45, 2.75) is 68.7 Å². The summed E-state index contributed by atoms with van der Waals surface area (Å²) in [6.45, 7) is 3.55. The number of hydrogen-bond donors (Lipinski definition) is 3. The number of sulfonamides is 1. The molecule has 0 amide bonds. The minimum atomic E-state index is -5.10. The largest absolute Gasteiger partial charge is 0.481 e. The van der Waals surface area contributed by atoms with Gasteiger partial charge in [-0.05, 0) is 92.0 Å². The van der Waals surface area contributed by atoms with Gasteiger partial charge in [-0.15, -0.1) is 0 Å². The summed E-state index contributed by atoms with van der Waals surface area (Å²) in [5.41, 5.74) is 0.759. The number of aryl methyl sites for hydroxylation is 1. The Morgan fingerprint density at radius 1 is 1.04 bits per heavy atom. The zero-order valence-electron chi connectivity index (χ0n) is 25.4. The number of carboxylic acid groups (broad SMARTS) is 1. The molecule has 0 aliphatic heterocycles. The summed E-state index contributed by atoms with van der Waals surface area (Å²) in [5.74, 6) is -1.51. The molecule has 244 valence electrons. The molecule has 3 aromatic rings. The van der Waals surface area contributed by atoms with E-state index in [2.05, 4.69) is 17.4 Å². The van der Waals surface area contributed by atoms with Gasteiger partial charge in [0.25, 0.3) is 0 Å². The molecule has 1 atom stereocenters. The quantitative estimate of drug-likeness (QED) is 0.206. The third-order valence-electron chi connectivity index (χ3n) is 8.16. The molecule has 0 aromatic heterocycles. The van der Waals surface area contributed by atoms with E-state index in [1.165, 1.54) is 23.3 Å². The normalized spacial score (nSPS) is 15.0. The van der Waals surface area contributed by atoms with Crippen LogP contribution in [0.15, 0.2) is 65.6 Å². The number of β-amino-alcohol motifs (C(OH)–C–C–N with tert-alkyl or cyclic N) is 1. The summed E-state index contributed by atoms with van der Waals surface area (Å²) in [4.78, 5) is 9.88. The summed E-state index contributed by atoms with van der Waals surface area (Å²) in [6.07, 6.45) is -3.80. The minimum absolute atomic E-state index is 0.0229. The van der Waals surface area contributed by atoms with Gasteiger partial charge in [0.15, 0.2) is 0 Å². The van der Waals surface area contributed by atoms with E-state index < -0.39 is 51.1 Å². The van der Waals surface area contributed by atoms with Gasteiger partial charge in [0, 0.05) is 37.7 Å². The maximum Gasteiger partial charge on any atom is 0.417 e. The van der Waals surface area contributed by atoms with Gasteiger partial charge in [0.05, 0.1) is 16.6 Å². The van der Waals surface area contributed by atoms with E-state index >= 15 is 0 Å². The maximum atomic E-state index is 14.7. The monoisotopic (exact) mass is 650 g/mol. The molecule has 3 aromatic carbocycles. The smallest absolute Gasteiger partial charge is 0.417 e. The summed E-state index contributed by atoms with van der Waals surface area (Å²) in [6, 6.07) is 14.3. The van der Waals surface area contributed by atoms with E-state index in [0.717, 1.165) is 44.5 Å². The van der Waals surface area contributed by atoms with Gasteiger partial charge in [0.2, 0.25) is 10.0 Å². The molecule has 45 heavy (non-hydrogen) atoms. The van der Waals surface area contributed by atoms with Crippen molar-refractivity contribution in [1.82, 2.24) is 9.62 Å². The van der Waals surface area contributed by atoms with Crippen molar-refractivity contribution in [2.75, 3.05) is 20.1 Å². The number of rotatable bonds is 13. The Balaban J connectivity index is 1.46. The van der Waals surface area contributed by atoms with Crippen molar-refractivity contribution in [3.63, 3.8) is 0 Å². The number of aliphatic hydroxyl groups is 1. The van der Waals surface area contributed by atoms with E-state index in [-0.39, 0.29) is 36.1 Å². The Bertz CT molecular complexity index is 1620. The summed E-state index contributed by atoms with van der Waals surface area (Å²) in [5, 5.41) is 22.9. The van der Waals surface area contributed by atoms with Gasteiger partial charge in [-0.1, -0.05) is 36.4 Å². The molecule has 0 heterocycles. The van der Waals surface area contributed by atoms with Crippen molar-refractivity contribution in [3.05, 3.63) is 88.7 Å².